The molecule has 4 aliphatic carbocycles. The van der Waals surface area contributed by atoms with Crippen molar-refractivity contribution in [3.8, 4) is 0 Å². The quantitative estimate of drug-likeness (QED) is 0.361. The largest absolute Gasteiger partial charge is 4.00 e. The minimum atomic E-state index is -0.826. The average Bonchev–Trinajstić information content (AvgIpc) is 3.56. The normalized spacial score (nSPS) is 20.5. The predicted molar refractivity (Wildman–Crippen MR) is 142 cm³/mol. The van der Waals surface area contributed by atoms with Crippen LogP contribution < -0.4 is 24.8 Å². The van der Waals surface area contributed by atoms with Crippen molar-refractivity contribution in [2.24, 2.45) is 11.8 Å². The Morgan fingerprint density at radius 1 is 0.686 bits per heavy atom. The van der Waals surface area contributed by atoms with Gasteiger partial charge in [-0.25, -0.2) is 24.3 Å². The second-order valence-electron chi connectivity index (χ2n) is 8.21. The third-order valence-corrected chi connectivity index (χ3v) is 6.74. The van der Waals surface area contributed by atoms with E-state index >= 15 is 0 Å². The van der Waals surface area contributed by atoms with Crippen molar-refractivity contribution in [2.45, 2.75) is 68.2 Å². The Balaban J connectivity index is -0.000000235. The summed E-state index contributed by atoms with van der Waals surface area (Å²) in [5.74, 6) is 1.19. The molecule has 0 aromatic rings. The first-order chi connectivity index (χ1) is 14.7. The summed E-state index contributed by atoms with van der Waals surface area (Å²) >= 11 is -0.826. The van der Waals surface area contributed by atoms with Crippen LogP contribution in [0.4, 0.5) is 0 Å². The summed E-state index contributed by atoms with van der Waals surface area (Å²) in [6.07, 6.45) is 20.0. The van der Waals surface area contributed by atoms with E-state index < -0.39 is 20.8 Å². The molecule has 0 radical (unpaired) electrons. The van der Waals surface area contributed by atoms with Crippen LogP contribution in [0.3, 0.4) is 0 Å². The Kier molecular flexibility index (Phi) is 28.0. The van der Waals surface area contributed by atoms with Gasteiger partial charge in [-0.1, -0.05) is 25.0 Å². The number of hydrogen-bond donors (Lipinski definition) is 0. The second-order valence-corrected chi connectivity index (χ2v) is 11.9. The average molecular weight is 712 g/mol. The fourth-order valence-electron chi connectivity index (χ4n) is 4.28. The van der Waals surface area contributed by atoms with Crippen LogP contribution in [0.2, 0.25) is 0 Å². The van der Waals surface area contributed by atoms with Gasteiger partial charge >= 0.3 is 64.1 Å². The smallest absolute Gasteiger partial charge is 4.00 e. The van der Waals surface area contributed by atoms with Crippen molar-refractivity contribution in [1.82, 2.24) is 0 Å². The van der Waals surface area contributed by atoms with Crippen LogP contribution >= 0.6 is 17.0 Å². The molecule has 0 N–H and O–H groups in total. The SMILES string of the molecule is CC1=C(C)C(C)C(C2=C(C)C(C)=C(C)C2C)=C1C.[C-]1=CC=CC1.[C-]1=CC=CC1.[CH3-].[Cl-].[Cl-].[Cl][Zr][Cl].[Zr+4]. The first-order valence-electron chi connectivity index (χ1n) is 10.9. The Hall–Kier alpha value is 0.846. The Morgan fingerprint density at radius 2 is 0.971 bits per heavy atom. The van der Waals surface area contributed by atoms with Gasteiger partial charge in [-0.15, -0.1) is 12.8 Å². The molecule has 192 valence electrons. The predicted octanol–water partition coefficient (Wildman–Crippen LogP) is 4.04. The molecule has 0 aromatic carbocycles. The van der Waals surface area contributed by atoms with Crippen LogP contribution in [0.25, 0.3) is 0 Å². The zero-order chi connectivity index (χ0) is 23.6. The minimum absolute atomic E-state index is 0. The number of rotatable bonds is 1. The molecule has 0 amide bonds. The van der Waals surface area contributed by atoms with Crippen molar-refractivity contribution in [3.63, 3.8) is 0 Å². The molecule has 35 heavy (non-hydrogen) atoms. The van der Waals surface area contributed by atoms with E-state index in [1.54, 1.807) is 22.3 Å². The molecule has 0 fully saturated rings. The summed E-state index contributed by atoms with van der Waals surface area (Å²) < 4.78 is 0. The number of halogens is 4. The summed E-state index contributed by atoms with van der Waals surface area (Å²) in [5, 5.41) is 0. The van der Waals surface area contributed by atoms with Gasteiger partial charge in [0.15, 0.2) is 0 Å². The molecule has 0 saturated heterocycles. The van der Waals surface area contributed by atoms with E-state index in [1.165, 1.54) is 22.3 Å². The van der Waals surface area contributed by atoms with Crippen molar-refractivity contribution >= 4 is 17.0 Å². The van der Waals surface area contributed by atoms with Gasteiger partial charge in [0, 0.05) is 11.8 Å². The van der Waals surface area contributed by atoms with Gasteiger partial charge in [0.2, 0.25) is 0 Å². The molecule has 0 heterocycles. The zero-order valence-electron chi connectivity index (χ0n) is 22.5. The first kappa shape index (κ1) is 42.9. The maximum atomic E-state index is 4.93. The number of allylic oxidation sites excluding steroid dienone is 16. The summed E-state index contributed by atoms with van der Waals surface area (Å²) in [7, 11) is 9.87. The van der Waals surface area contributed by atoms with Crippen LogP contribution in [0.1, 0.15) is 68.2 Å². The van der Waals surface area contributed by atoms with Crippen molar-refractivity contribution in [1.29, 1.82) is 0 Å². The van der Waals surface area contributed by atoms with Gasteiger partial charge in [0.1, 0.15) is 0 Å². The van der Waals surface area contributed by atoms with Gasteiger partial charge in [-0.05, 0) is 75.0 Å². The van der Waals surface area contributed by atoms with Gasteiger partial charge in [-0.3, -0.25) is 12.2 Å². The third-order valence-electron chi connectivity index (χ3n) is 6.74. The summed E-state index contributed by atoms with van der Waals surface area (Å²) in [4.78, 5) is 0. The van der Waals surface area contributed by atoms with E-state index in [9.17, 15) is 0 Å². The maximum absolute atomic E-state index is 4.93. The standard InChI is InChI=1S/C18H26.2C5H5.CH3.4ClH.2Zr/c1-9-10(2)14(6)17(13(9)5)18-15(7)11(3)12(4)16(18)8;2*1-2-4-5-3-1;;;;;;;/h13,15H,1-8H3;2*1-3H,4H2;1H3;4*1H;;/q;3*-1;;;;;+2;+4/p-4. The monoisotopic (exact) mass is 707 g/mol. The molecule has 2 atom stereocenters. The van der Waals surface area contributed by atoms with Crippen LogP contribution in [-0.4, -0.2) is 0 Å². The van der Waals surface area contributed by atoms with Crippen molar-refractivity contribution in [3.05, 3.63) is 101 Å². The van der Waals surface area contributed by atoms with Crippen LogP contribution in [-0.2, 0) is 47.1 Å². The van der Waals surface area contributed by atoms with E-state index in [-0.39, 0.29) is 58.4 Å². The Bertz CT molecular complexity index is 792. The Labute approximate surface area is 266 Å². The van der Waals surface area contributed by atoms with E-state index in [0.717, 1.165) is 12.8 Å². The van der Waals surface area contributed by atoms with Gasteiger partial charge in [0.25, 0.3) is 0 Å². The molecular formula is C29H39Cl4Zr2-. The Morgan fingerprint density at radius 3 is 1.09 bits per heavy atom. The van der Waals surface area contributed by atoms with E-state index in [4.69, 9.17) is 17.0 Å². The fourth-order valence-corrected chi connectivity index (χ4v) is 4.28. The van der Waals surface area contributed by atoms with Gasteiger partial charge in [0.05, 0.1) is 0 Å². The molecule has 0 aromatic heterocycles. The minimum Gasteiger partial charge on any atom is 4.00 e. The van der Waals surface area contributed by atoms with Crippen molar-refractivity contribution in [2.75, 3.05) is 0 Å². The maximum Gasteiger partial charge on any atom is 4.00 e. The topological polar surface area (TPSA) is 0 Å². The fraction of sp³-hybridized carbons (Fsp3) is 0.414. The second kappa shape index (κ2) is 22.8. The molecule has 4 rings (SSSR count). The molecule has 6 heteroatoms. The van der Waals surface area contributed by atoms with Gasteiger partial charge in [-0.2, -0.15) is 12.2 Å². The summed E-state index contributed by atoms with van der Waals surface area (Å²) in [6, 6.07) is 0. The van der Waals surface area contributed by atoms with E-state index in [1.807, 2.05) is 24.3 Å². The van der Waals surface area contributed by atoms with E-state index in [2.05, 4.69) is 79.7 Å². The molecule has 4 aliphatic rings. The van der Waals surface area contributed by atoms with Crippen LogP contribution in [0.5, 0.6) is 0 Å². The first-order valence-corrected chi connectivity index (χ1v) is 17.2. The molecule has 2 unspecified atom stereocenters. The molecule has 0 saturated carbocycles. The molecule has 0 bridgehead atoms. The van der Waals surface area contributed by atoms with E-state index in [0.29, 0.717) is 11.8 Å². The van der Waals surface area contributed by atoms with Gasteiger partial charge < -0.3 is 32.2 Å². The van der Waals surface area contributed by atoms with Crippen LogP contribution in [0.15, 0.2) is 81.0 Å². The third kappa shape index (κ3) is 12.5. The number of hydrogen-bond acceptors (Lipinski definition) is 0. The molecule has 0 nitrogen and oxygen atoms in total. The summed E-state index contributed by atoms with van der Waals surface area (Å²) in [6.45, 7) is 18.5. The van der Waals surface area contributed by atoms with Crippen molar-refractivity contribution < 1.29 is 71.9 Å². The molecular weight excluding hydrogens is 673 g/mol. The molecule has 0 aliphatic heterocycles. The molecule has 0 spiro atoms. The zero-order valence-corrected chi connectivity index (χ0v) is 30.5. The summed E-state index contributed by atoms with van der Waals surface area (Å²) in [5.41, 5.74) is 12.4. The van der Waals surface area contributed by atoms with Crippen LogP contribution in [0, 0.1) is 31.4 Å².